The number of nitrogen functional groups attached to an aromatic ring is 1. The summed E-state index contributed by atoms with van der Waals surface area (Å²) in [6, 6.07) is 5.72. The standard InChI is InChI=1S/C7H3Br2F3N4O.C5H5N/c8-1-2(13)4(9)14-5-3(1)16(17)6(15-5)7(10,11)12;1-2-4-6-5-3-1/h17H,13H2;1-5H. The monoisotopic (exact) mass is 453 g/mol. The van der Waals surface area contributed by atoms with Gasteiger partial charge in [0.2, 0.25) is 0 Å². The summed E-state index contributed by atoms with van der Waals surface area (Å²) in [4.78, 5) is 10.7. The Morgan fingerprint density at radius 3 is 2.13 bits per heavy atom. The maximum absolute atomic E-state index is 12.5. The minimum Gasteiger partial charge on any atom is -0.426 e. The van der Waals surface area contributed by atoms with Crippen LogP contribution in [0.3, 0.4) is 0 Å². The average molecular weight is 455 g/mol. The highest BCUT2D eigenvalue weighted by Gasteiger charge is 2.39. The Hall–Kier alpha value is -1.88. The second-order valence-electron chi connectivity index (χ2n) is 4.07. The minimum absolute atomic E-state index is 0.0708. The summed E-state index contributed by atoms with van der Waals surface area (Å²) in [6.07, 6.45) is -1.28. The van der Waals surface area contributed by atoms with E-state index < -0.39 is 12.0 Å². The fourth-order valence-electron chi connectivity index (χ4n) is 1.54. The number of imidazole rings is 1. The first-order valence-electron chi connectivity index (χ1n) is 5.87. The Bertz CT molecular complexity index is 796. The van der Waals surface area contributed by atoms with Gasteiger partial charge in [-0.15, -0.1) is 0 Å². The van der Waals surface area contributed by atoms with Crippen molar-refractivity contribution in [1.29, 1.82) is 0 Å². The number of hydrogen-bond donors (Lipinski definition) is 2. The molecule has 0 bridgehead atoms. The molecule has 23 heavy (non-hydrogen) atoms. The van der Waals surface area contributed by atoms with Crippen molar-refractivity contribution >= 4 is 48.7 Å². The number of halogens is 5. The molecule has 0 aliphatic carbocycles. The van der Waals surface area contributed by atoms with Crippen molar-refractivity contribution < 1.29 is 18.4 Å². The number of nitrogens with zero attached hydrogens (tertiary/aromatic N) is 4. The van der Waals surface area contributed by atoms with E-state index >= 15 is 0 Å². The van der Waals surface area contributed by atoms with Gasteiger partial charge >= 0.3 is 6.18 Å². The predicted molar refractivity (Wildman–Crippen MR) is 83.8 cm³/mol. The van der Waals surface area contributed by atoms with Gasteiger partial charge in [0.05, 0.1) is 10.2 Å². The van der Waals surface area contributed by atoms with Crippen LogP contribution < -0.4 is 5.73 Å². The van der Waals surface area contributed by atoms with Crippen molar-refractivity contribution in [1.82, 2.24) is 19.7 Å². The van der Waals surface area contributed by atoms with Crippen LogP contribution in [-0.2, 0) is 6.18 Å². The lowest BCUT2D eigenvalue weighted by Crippen LogP contribution is -2.13. The third-order valence-corrected chi connectivity index (χ3v) is 3.93. The molecule has 0 fully saturated rings. The van der Waals surface area contributed by atoms with Gasteiger partial charge in [-0.2, -0.15) is 17.9 Å². The number of nitrogens with two attached hydrogens (primary N) is 1. The molecular formula is C12H8Br2F3N5O. The van der Waals surface area contributed by atoms with E-state index in [1.165, 1.54) is 0 Å². The summed E-state index contributed by atoms with van der Waals surface area (Å²) in [7, 11) is 0. The summed E-state index contributed by atoms with van der Waals surface area (Å²) >= 11 is 5.95. The molecule has 0 saturated heterocycles. The van der Waals surface area contributed by atoms with E-state index in [-0.39, 0.29) is 30.7 Å². The van der Waals surface area contributed by atoms with Crippen LogP contribution >= 0.6 is 31.9 Å². The van der Waals surface area contributed by atoms with Gasteiger partial charge in [-0.3, -0.25) is 4.98 Å². The largest absolute Gasteiger partial charge is 0.453 e. The van der Waals surface area contributed by atoms with E-state index in [1.807, 2.05) is 18.2 Å². The van der Waals surface area contributed by atoms with Crippen molar-refractivity contribution in [2.24, 2.45) is 0 Å². The summed E-state index contributed by atoms with van der Waals surface area (Å²) in [5.74, 6) is -1.46. The third kappa shape index (κ3) is 3.72. The van der Waals surface area contributed by atoms with Gasteiger partial charge < -0.3 is 10.9 Å². The Morgan fingerprint density at radius 2 is 1.70 bits per heavy atom. The number of pyridine rings is 2. The zero-order valence-corrected chi connectivity index (χ0v) is 14.3. The lowest BCUT2D eigenvalue weighted by molar-refractivity contribution is -0.153. The van der Waals surface area contributed by atoms with Crippen LogP contribution in [-0.4, -0.2) is 24.9 Å². The van der Waals surface area contributed by atoms with Gasteiger partial charge in [-0.1, -0.05) is 6.07 Å². The van der Waals surface area contributed by atoms with Crippen LogP contribution in [0.2, 0.25) is 0 Å². The van der Waals surface area contributed by atoms with Crippen LogP contribution in [0, 0.1) is 0 Å². The van der Waals surface area contributed by atoms with Gasteiger partial charge in [-0.05, 0) is 44.0 Å². The summed E-state index contributed by atoms with van der Waals surface area (Å²) in [6.45, 7) is 0. The van der Waals surface area contributed by atoms with E-state index in [2.05, 4.69) is 46.8 Å². The Labute approximate surface area is 144 Å². The average Bonchev–Trinajstić information content (AvgIpc) is 2.84. The van der Waals surface area contributed by atoms with Gasteiger partial charge in [0.15, 0.2) is 5.65 Å². The fourth-order valence-corrected chi connectivity index (χ4v) is 2.70. The molecule has 0 amide bonds. The Kier molecular flexibility index (Phi) is 5.09. The van der Waals surface area contributed by atoms with Gasteiger partial charge in [0.25, 0.3) is 5.82 Å². The third-order valence-electron chi connectivity index (χ3n) is 2.53. The molecule has 0 unspecified atom stereocenters. The molecule has 11 heteroatoms. The number of fused-ring (bicyclic) bond motifs is 1. The number of aromatic nitrogens is 4. The fraction of sp³-hybridized carbons (Fsp3) is 0.0833. The molecule has 0 radical (unpaired) electrons. The van der Waals surface area contributed by atoms with Crippen molar-refractivity contribution in [2.45, 2.75) is 6.18 Å². The van der Waals surface area contributed by atoms with E-state index in [1.54, 1.807) is 12.4 Å². The first-order chi connectivity index (χ1) is 10.7. The normalized spacial score (nSPS) is 11.2. The van der Waals surface area contributed by atoms with Crippen LogP contribution in [0.15, 0.2) is 39.7 Å². The Balaban J connectivity index is 0.000000268. The van der Waals surface area contributed by atoms with E-state index in [0.717, 1.165) is 0 Å². The van der Waals surface area contributed by atoms with E-state index in [9.17, 15) is 18.4 Å². The number of alkyl halides is 3. The molecule has 0 spiro atoms. The molecule has 3 heterocycles. The molecule has 0 aliphatic heterocycles. The van der Waals surface area contributed by atoms with Crippen LogP contribution in [0.5, 0.6) is 0 Å². The van der Waals surface area contributed by atoms with Crippen molar-refractivity contribution in [2.75, 3.05) is 5.73 Å². The summed E-state index contributed by atoms with van der Waals surface area (Å²) < 4.78 is 37.6. The van der Waals surface area contributed by atoms with Crippen LogP contribution in [0.1, 0.15) is 5.82 Å². The smallest absolute Gasteiger partial charge is 0.426 e. The second-order valence-corrected chi connectivity index (χ2v) is 5.62. The number of hydrogen-bond acceptors (Lipinski definition) is 5. The molecule has 3 rings (SSSR count). The lowest BCUT2D eigenvalue weighted by Gasteiger charge is -2.05. The lowest BCUT2D eigenvalue weighted by atomic mass is 10.4. The van der Waals surface area contributed by atoms with Crippen molar-refractivity contribution in [3.05, 3.63) is 45.5 Å². The maximum atomic E-state index is 12.5. The van der Waals surface area contributed by atoms with Gasteiger partial charge in [0.1, 0.15) is 10.1 Å². The van der Waals surface area contributed by atoms with E-state index in [0.29, 0.717) is 0 Å². The molecule has 0 aromatic carbocycles. The molecule has 122 valence electrons. The highest BCUT2D eigenvalue weighted by molar-refractivity contribution is 9.11. The highest BCUT2D eigenvalue weighted by Crippen LogP contribution is 2.36. The van der Waals surface area contributed by atoms with E-state index in [4.69, 9.17) is 5.73 Å². The SMILES string of the molecule is Nc1c(Br)nc2nc(C(F)(F)F)n(O)c2c1Br.c1ccncc1. The van der Waals surface area contributed by atoms with Crippen LogP contribution in [0.25, 0.3) is 11.2 Å². The predicted octanol–water partition coefficient (Wildman–Crippen LogP) is 3.88. The highest BCUT2D eigenvalue weighted by atomic mass is 79.9. The first-order valence-corrected chi connectivity index (χ1v) is 7.46. The van der Waals surface area contributed by atoms with Crippen LogP contribution in [0.4, 0.5) is 18.9 Å². The van der Waals surface area contributed by atoms with Gasteiger partial charge in [-0.25, -0.2) is 9.97 Å². The minimum atomic E-state index is -4.78. The molecule has 0 aliphatic rings. The van der Waals surface area contributed by atoms with Crippen molar-refractivity contribution in [3.63, 3.8) is 0 Å². The number of rotatable bonds is 0. The molecular weight excluding hydrogens is 447 g/mol. The topological polar surface area (TPSA) is 89.8 Å². The summed E-state index contributed by atoms with van der Waals surface area (Å²) in [5, 5.41) is 9.41. The molecule has 3 aromatic heterocycles. The maximum Gasteiger partial charge on any atom is 0.453 e. The first kappa shape index (κ1) is 17.5. The quantitative estimate of drug-likeness (QED) is 0.397. The Morgan fingerprint density at radius 1 is 1.09 bits per heavy atom. The van der Waals surface area contributed by atoms with Crippen molar-refractivity contribution in [3.8, 4) is 0 Å². The number of anilines is 1. The zero-order valence-electron chi connectivity index (χ0n) is 11.1. The van der Waals surface area contributed by atoms with Gasteiger partial charge in [0, 0.05) is 12.4 Å². The zero-order chi connectivity index (χ0) is 17.2. The molecule has 0 saturated carbocycles. The summed E-state index contributed by atoms with van der Waals surface area (Å²) in [5.41, 5.74) is 5.11. The molecule has 3 N–H and O–H groups in total. The molecule has 0 atom stereocenters. The molecule has 3 aromatic rings. The second kappa shape index (κ2) is 6.71. The molecule has 6 nitrogen and oxygen atoms in total.